The highest BCUT2D eigenvalue weighted by atomic mass is 15.3. The van der Waals surface area contributed by atoms with Crippen LogP contribution in [-0.2, 0) is 6.42 Å². The number of hydrogen-bond donors (Lipinski definition) is 1. The maximum absolute atomic E-state index is 4.65. The number of hydrogen-bond acceptors (Lipinski definition) is 1. The number of guanidine groups is 1. The fraction of sp³-hybridized carbons (Fsp3) is 0.400. The summed E-state index contributed by atoms with van der Waals surface area (Å²) < 4.78 is 0. The predicted molar refractivity (Wildman–Crippen MR) is 81.7 cm³/mol. The van der Waals surface area contributed by atoms with Gasteiger partial charge in [0.15, 0.2) is 5.96 Å². The number of aliphatic imine (C=N–C) groups is 1. The fourth-order valence-electron chi connectivity index (χ4n) is 2.23. The van der Waals surface area contributed by atoms with E-state index in [4.69, 9.17) is 0 Å². The highest BCUT2D eigenvalue weighted by Crippen LogP contribution is 2.14. The molecule has 4 heteroatoms. The van der Waals surface area contributed by atoms with Gasteiger partial charge in [0.1, 0.15) is 0 Å². The Balaban J connectivity index is 2.03. The van der Waals surface area contributed by atoms with Crippen molar-refractivity contribution in [1.29, 1.82) is 0 Å². The van der Waals surface area contributed by atoms with Crippen LogP contribution in [0, 0.1) is 0 Å². The summed E-state index contributed by atoms with van der Waals surface area (Å²) in [7, 11) is 8.07. The minimum atomic E-state index is 0.807. The molecule has 0 unspecified atom stereocenters. The Morgan fingerprint density at radius 3 is 2.53 bits per heavy atom. The summed E-state index contributed by atoms with van der Waals surface area (Å²) in [6.45, 7) is 0.807. The molecule has 2 rings (SSSR count). The summed E-state index contributed by atoms with van der Waals surface area (Å²) in [5.41, 5.74) is 2.52. The zero-order valence-corrected chi connectivity index (χ0v) is 12.1. The molecule has 0 aliphatic heterocycles. The lowest BCUT2D eigenvalue weighted by Crippen LogP contribution is -2.35. The molecule has 0 spiro atoms. The summed E-state index contributed by atoms with van der Waals surface area (Å²) in [6, 6.07) is 8.63. The smallest absolute Gasteiger partial charge is 0.195 e. The number of fused-ring (bicyclic) bond motifs is 1. The number of nitrogens with one attached hydrogen (secondary N) is 1. The van der Waals surface area contributed by atoms with Crippen molar-refractivity contribution in [3.8, 4) is 0 Å². The van der Waals surface area contributed by atoms with Crippen LogP contribution in [0.1, 0.15) is 5.56 Å². The Morgan fingerprint density at radius 1 is 1.11 bits per heavy atom. The molecule has 1 aromatic heterocycles. The second-order valence-corrected chi connectivity index (χ2v) is 5.12. The highest BCUT2D eigenvalue weighted by Gasteiger charge is 2.03. The van der Waals surface area contributed by atoms with E-state index in [1.807, 2.05) is 44.2 Å². The maximum Gasteiger partial charge on any atom is 0.195 e. The molecule has 0 aliphatic carbocycles. The third-order valence-electron chi connectivity index (χ3n) is 3.07. The van der Waals surface area contributed by atoms with E-state index in [-0.39, 0.29) is 0 Å². The molecule has 1 aromatic carbocycles. The van der Waals surface area contributed by atoms with Gasteiger partial charge in [-0.05, 0) is 35.6 Å². The first-order valence-electron chi connectivity index (χ1n) is 6.53. The van der Waals surface area contributed by atoms with Crippen LogP contribution < -0.4 is 0 Å². The van der Waals surface area contributed by atoms with Gasteiger partial charge in [0.2, 0.25) is 0 Å². The highest BCUT2D eigenvalue weighted by molar-refractivity contribution is 5.80. The van der Waals surface area contributed by atoms with Gasteiger partial charge in [-0.3, -0.25) is 4.99 Å². The average Bonchev–Trinajstić information content (AvgIpc) is 2.80. The van der Waals surface area contributed by atoms with E-state index in [0.717, 1.165) is 18.9 Å². The van der Waals surface area contributed by atoms with E-state index >= 15 is 0 Å². The minimum Gasteiger partial charge on any atom is -0.361 e. The van der Waals surface area contributed by atoms with Crippen LogP contribution >= 0.6 is 0 Å². The van der Waals surface area contributed by atoms with E-state index in [1.165, 1.54) is 16.5 Å². The van der Waals surface area contributed by atoms with Crippen LogP contribution in [0.2, 0.25) is 0 Å². The molecule has 19 heavy (non-hydrogen) atoms. The first-order chi connectivity index (χ1) is 9.08. The van der Waals surface area contributed by atoms with Gasteiger partial charge < -0.3 is 14.8 Å². The predicted octanol–water partition coefficient (Wildman–Crippen LogP) is 2.19. The van der Waals surface area contributed by atoms with Crippen molar-refractivity contribution in [2.75, 3.05) is 34.7 Å². The summed E-state index contributed by atoms with van der Waals surface area (Å²) in [5.74, 6) is 1.00. The first kappa shape index (κ1) is 13.5. The van der Waals surface area contributed by atoms with Crippen LogP contribution in [0.4, 0.5) is 0 Å². The molecule has 0 atom stereocenters. The molecule has 2 aromatic rings. The molecule has 0 fully saturated rings. The summed E-state index contributed by atoms with van der Waals surface area (Å²) in [5, 5.41) is 1.27. The molecule has 1 N–H and O–H groups in total. The largest absolute Gasteiger partial charge is 0.361 e. The third kappa shape index (κ3) is 3.28. The number of rotatable bonds is 3. The molecule has 0 aliphatic rings. The zero-order valence-electron chi connectivity index (χ0n) is 12.1. The quantitative estimate of drug-likeness (QED) is 0.676. The van der Waals surface area contributed by atoms with Crippen molar-refractivity contribution in [2.24, 2.45) is 4.99 Å². The van der Waals surface area contributed by atoms with E-state index in [1.54, 1.807) is 0 Å². The molecular formula is C15H22N4. The van der Waals surface area contributed by atoms with Gasteiger partial charge in [-0.15, -0.1) is 0 Å². The van der Waals surface area contributed by atoms with Gasteiger partial charge in [0, 0.05) is 46.4 Å². The Morgan fingerprint density at radius 2 is 1.84 bits per heavy atom. The van der Waals surface area contributed by atoms with Crippen LogP contribution in [0.5, 0.6) is 0 Å². The van der Waals surface area contributed by atoms with Crippen LogP contribution in [0.3, 0.4) is 0 Å². The standard InChI is InChI=1S/C15H22N4/c1-18(2)15(19(3)4)17-9-7-12-5-6-14-13(11-12)8-10-16-14/h5-6,8,10-11,16H,7,9H2,1-4H3. The Kier molecular flexibility index (Phi) is 4.10. The number of benzene rings is 1. The van der Waals surface area contributed by atoms with Gasteiger partial charge in [-0.1, -0.05) is 6.07 Å². The third-order valence-corrected chi connectivity index (χ3v) is 3.07. The van der Waals surface area contributed by atoms with Crippen molar-refractivity contribution in [1.82, 2.24) is 14.8 Å². The number of aromatic nitrogens is 1. The SMILES string of the molecule is CN(C)C(=NCCc1ccc2[nH]ccc2c1)N(C)C. The van der Waals surface area contributed by atoms with E-state index < -0.39 is 0 Å². The van der Waals surface area contributed by atoms with Crippen LogP contribution in [0.15, 0.2) is 35.5 Å². The molecule has 1 heterocycles. The fourth-order valence-corrected chi connectivity index (χ4v) is 2.23. The molecule has 0 saturated carbocycles. The van der Waals surface area contributed by atoms with Gasteiger partial charge in [-0.25, -0.2) is 0 Å². The first-order valence-corrected chi connectivity index (χ1v) is 6.53. The molecule has 0 saturated heterocycles. The molecule has 0 radical (unpaired) electrons. The lowest BCUT2D eigenvalue weighted by atomic mass is 10.1. The minimum absolute atomic E-state index is 0.807. The lowest BCUT2D eigenvalue weighted by molar-refractivity contribution is 0.479. The molecule has 0 bridgehead atoms. The van der Waals surface area contributed by atoms with Gasteiger partial charge in [0.25, 0.3) is 0 Å². The lowest BCUT2D eigenvalue weighted by Gasteiger charge is -2.22. The summed E-state index contributed by atoms with van der Waals surface area (Å²) >= 11 is 0. The van der Waals surface area contributed by atoms with Crippen molar-refractivity contribution >= 4 is 16.9 Å². The van der Waals surface area contributed by atoms with Crippen molar-refractivity contribution in [3.63, 3.8) is 0 Å². The summed E-state index contributed by atoms with van der Waals surface area (Å²) in [6.07, 6.45) is 2.94. The topological polar surface area (TPSA) is 34.6 Å². The van der Waals surface area contributed by atoms with Crippen molar-refractivity contribution in [2.45, 2.75) is 6.42 Å². The number of nitrogens with zero attached hydrogens (tertiary/aromatic N) is 3. The number of H-pyrrole nitrogens is 1. The monoisotopic (exact) mass is 258 g/mol. The maximum atomic E-state index is 4.65. The summed E-state index contributed by atoms with van der Waals surface area (Å²) in [4.78, 5) is 11.9. The van der Waals surface area contributed by atoms with Crippen molar-refractivity contribution < 1.29 is 0 Å². The van der Waals surface area contributed by atoms with Crippen LogP contribution in [-0.4, -0.2) is 55.5 Å². The van der Waals surface area contributed by atoms with Gasteiger partial charge in [-0.2, -0.15) is 0 Å². The Labute approximate surface area is 114 Å². The van der Waals surface area contributed by atoms with Gasteiger partial charge >= 0.3 is 0 Å². The zero-order chi connectivity index (χ0) is 13.8. The van der Waals surface area contributed by atoms with Crippen molar-refractivity contribution in [3.05, 3.63) is 36.0 Å². The van der Waals surface area contributed by atoms with E-state index in [0.29, 0.717) is 0 Å². The Hall–Kier alpha value is -1.97. The van der Waals surface area contributed by atoms with E-state index in [2.05, 4.69) is 34.2 Å². The molecule has 4 nitrogen and oxygen atoms in total. The molecule has 0 amide bonds. The second-order valence-electron chi connectivity index (χ2n) is 5.12. The molecular weight excluding hydrogens is 236 g/mol. The normalized spacial score (nSPS) is 10.5. The Bertz CT molecular complexity index is 556. The molecule has 102 valence electrons. The van der Waals surface area contributed by atoms with Crippen LogP contribution in [0.25, 0.3) is 10.9 Å². The second kappa shape index (κ2) is 5.78. The number of aromatic amines is 1. The average molecular weight is 258 g/mol. The van der Waals surface area contributed by atoms with E-state index in [9.17, 15) is 0 Å². The van der Waals surface area contributed by atoms with Gasteiger partial charge in [0.05, 0.1) is 0 Å².